The van der Waals surface area contributed by atoms with Crippen LogP contribution in [0.1, 0.15) is 70.9 Å². The van der Waals surface area contributed by atoms with Crippen LogP contribution < -0.4 is 10.2 Å². The molecule has 1 atom stereocenters. The maximum atomic E-state index is 14.7. The SMILES string of the molecule is CC(C)c1nc(C(=O)N2CCOC3(CCN(Cc4ccc(F)c(CCNC[C@H](O)c5ccc(O)c6[nH]c(=O)sc56)c4)CC3)C2)cs1.O=S(=O)(O)c1ccc2ccccc2c1. The zero-order valence-electron chi connectivity index (χ0n) is 33.3. The molecule has 318 valence electrons. The summed E-state index contributed by atoms with van der Waals surface area (Å²) < 4.78 is 52.0. The van der Waals surface area contributed by atoms with Gasteiger partial charge in [0.15, 0.2) is 0 Å². The number of ether oxygens (including phenoxy) is 1. The van der Waals surface area contributed by atoms with Crippen molar-refractivity contribution in [3.05, 3.63) is 121 Å². The maximum Gasteiger partial charge on any atom is 0.305 e. The number of morpholine rings is 1. The van der Waals surface area contributed by atoms with E-state index in [-0.39, 0.29) is 39.4 Å². The summed E-state index contributed by atoms with van der Waals surface area (Å²) in [7, 11) is -4.09. The number of fused-ring (bicyclic) bond motifs is 2. The molecule has 5 N–H and O–H groups in total. The Morgan fingerprint density at radius 2 is 1.82 bits per heavy atom. The Morgan fingerprint density at radius 3 is 2.55 bits per heavy atom. The fourth-order valence-corrected chi connectivity index (χ4v) is 9.87. The summed E-state index contributed by atoms with van der Waals surface area (Å²) >= 11 is 2.48. The number of aromatic nitrogens is 2. The van der Waals surface area contributed by atoms with Crippen molar-refractivity contribution in [1.29, 1.82) is 0 Å². The van der Waals surface area contributed by atoms with Crippen LogP contribution in [0.5, 0.6) is 5.75 Å². The molecule has 2 aliphatic rings. The summed E-state index contributed by atoms with van der Waals surface area (Å²) in [5.41, 5.74) is 2.69. The second kappa shape index (κ2) is 18.6. The third kappa shape index (κ3) is 10.3. The Labute approximate surface area is 355 Å². The average Bonchev–Trinajstić information content (AvgIpc) is 3.89. The minimum atomic E-state index is -4.09. The van der Waals surface area contributed by atoms with Gasteiger partial charge in [-0.2, -0.15) is 8.42 Å². The number of aromatic amines is 1. The van der Waals surface area contributed by atoms with E-state index in [1.165, 1.54) is 35.6 Å². The van der Waals surface area contributed by atoms with Crippen molar-refractivity contribution in [3.63, 3.8) is 0 Å². The van der Waals surface area contributed by atoms with E-state index in [2.05, 4.69) is 34.0 Å². The Balaban J connectivity index is 0.000000327. The summed E-state index contributed by atoms with van der Waals surface area (Å²) in [4.78, 5) is 36.0. The number of amides is 1. The van der Waals surface area contributed by atoms with Crippen LogP contribution in [0.3, 0.4) is 0 Å². The fraction of sp³-hybridized carbons (Fsp3) is 0.372. The smallest absolute Gasteiger partial charge is 0.305 e. The van der Waals surface area contributed by atoms with Gasteiger partial charge >= 0.3 is 4.87 Å². The van der Waals surface area contributed by atoms with Crippen molar-refractivity contribution in [1.82, 2.24) is 25.1 Å². The minimum absolute atomic E-state index is 0.0206. The molecule has 4 aromatic carbocycles. The molecule has 2 aliphatic heterocycles. The van der Waals surface area contributed by atoms with Gasteiger partial charge in [0.05, 0.1) is 39.5 Å². The number of likely N-dealkylation sites (tertiary alicyclic amines) is 1. The summed E-state index contributed by atoms with van der Waals surface area (Å²) in [6, 6.07) is 20.2. The molecule has 1 amide bonds. The molecule has 17 heteroatoms. The molecule has 0 bridgehead atoms. The number of benzene rings is 4. The van der Waals surface area contributed by atoms with Crippen molar-refractivity contribution in [2.45, 2.75) is 62.2 Å². The van der Waals surface area contributed by atoms with E-state index in [1.54, 1.807) is 18.2 Å². The van der Waals surface area contributed by atoms with E-state index < -0.39 is 16.2 Å². The van der Waals surface area contributed by atoms with Crippen LogP contribution in [-0.2, 0) is 27.8 Å². The van der Waals surface area contributed by atoms with Gasteiger partial charge in [0.1, 0.15) is 22.8 Å². The second-order valence-electron chi connectivity index (χ2n) is 15.5. The van der Waals surface area contributed by atoms with Gasteiger partial charge in [-0.3, -0.25) is 19.0 Å². The first kappa shape index (κ1) is 43.5. The Morgan fingerprint density at radius 1 is 1.05 bits per heavy atom. The van der Waals surface area contributed by atoms with Gasteiger partial charge in [-0.05, 0) is 72.0 Å². The highest BCUT2D eigenvalue weighted by Gasteiger charge is 2.41. The number of halogens is 1. The predicted molar refractivity (Wildman–Crippen MR) is 231 cm³/mol. The molecule has 0 radical (unpaired) electrons. The summed E-state index contributed by atoms with van der Waals surface area (Å²) in [6.07, 6.45) is 1.20. The lowest BCUT2D eigenvalue weighted by atomic mass is 9.89. The normalized spacial score (nSPS) is 16.3. The number of carbonyl (C=O) groups is 1. The highest BCUT2D eigenvalue weighted by molar-refractivity contribution is 7.85. The lowest BCUT2D eigenvalue weighted by Crippen LogP contribution is -2.58. The number of aliphatic hydroxyl groups is 1. The van der Waals surface area contributed by atoms with E-state index in [4.69, 9.17) is 9.29 Å². The molecular formula is C43H48FN5O8S3. The molecule has 0 saturated carbocycles. The first-order valence-electron chi connectivity index (χ1n) is 19.8. The van der Waals surface area contributed by atoms with Crippen LogP contribution >= 0.6 is 22.7 Å². The van der Waals surface area contributed by atoms with Gasteiger partial charge in [-0.25, -0.2) is 9.37 Å². The maximum absolute atomic E-state index is 14.7. The van der Waals surface area contributed by atoms with Gasteiger partial charge in [-0.1, -0.05) is 73.7 Å². The van der Waals surface area contributed by atoms with Crippen molar-refractivity contribution >= 4 is 59.7 Å². The zero-order chi connectivity index (χ0) is 42.6. The monoisotopic (exact) mass is 877 g/mol. The molecule has 60 heavy (non-hydrogen) atoms. The lowest BCUT2D eigenvalue weighted by Gasteiger charge is -2.47. The van der Waals surface area contributed by atoms with Crippen LogP contribution in [0.4, 0.5) is 4.39 Å². The summed E-state index contributed by atoms with van der Waals surface area (Å²) in [5, 5.41) is 28.5. The molecule has 1 spiro atoms. The molecule has 2 aromatic heterocycles. The third-order valence-corrected chi connectivity index (χ3v) is 13.9. The van der Waals surface area contributed by atoms with E-state index in [1.807, 2.05) is 40.6 Å². The Kier molecular flexibility index (Phi) is 13.5. The average molecular weight is 878 g/mol. The molecular weight excluding hydrogens is 830 g/mol. The largest absolute Gasteiger partial charge is 0.506 e. The number of aromatic hydroxyl groups is 1. The Hall–Kier alpha value is -4.59. The number of hydrogen-bond donors (Lipinski definition) is 5. The van der Waals surface area contributed by atoms with Gasteiger partial charge in [0, 0.05) is 49.6 Å². The van der Waals surface area contributed by atoms with E-state index in [0.717, 1.165) is 58.6 Å². The van der Waals surface area contributed by atoms with Gasteiger partial charge in [-0.15, -0.1) is 11.3 Å². The highest BCUT2D eigenvalue weighted by Crippen LogP contribution is 2.33. The Bertz CT molecular complexity index is 2640. The zero-order valence-corrected chi connectivity index (χ0v) is 35.7. The molecule has 2 saturated heterocycles. The number of H-pyrrole nitrogens is 1. The first-order valence-corrected chi connectivity index (χ1v) is 22.9. The number of nitrogens with zero attached hydrogens (tertiary/aromatic N) is 3. The first-order chi connectivity index (χ1) is 28.7. The number of rotatable bonds is 11. The summed E-state index contributed by atoms with van der Waals surface area (Å²) in [6.45, 7) is 8.84. The topological polar surface area (TPSA) is 185 Å². The molecule has 0 unspecified atom stereocenters. The van der Waals surface area contributed by atoms with Crippen LogP contribution in [0.2, 0.25) is 0 Å². The van der Waals surface area contributed by atoms with Gasteiger partial charge < -0.3 is 30.2 Å². The van der Waals surface area contributed by atoms with Crippen LogP contribution in [0.15, 0.2) is 87.9 Å². The van der Waals surface area contributed by atoms with Gasteiger partial charge in [0.25, 0.3) is 16.0 Å². The molecule has 0 aliphatic carbocycles. The molecule has 8 rings (SSSR count). The van der Waals surface area contributed by atoms with E-state index in [9.17, 15) is 32.6 Å². The number of phenols is 1. The minimum Gasteiger partial charge on any atom is -0.506 e. The number of thiazole rings is 2. The third-order valence-electron chi connectivity index (χ3n) is 10.9. The molecule has 13 nitrogen and oxygen atoms in total. The van der Waals surface area contributed by atoms with E-state index >= 15 is 0 Å². The molecule has 4 heterocycles. The lowest BCUT2D eigenvalue weighted by molar-refractivity contribution is -0.128. The van der Waals surface area contributed by atoms with Crippen molar-refractivity contribution in [2.75, 3.05) is 45.9 Å². The highest BCUT2D eigenvalue weighted by atomic mass is 32.2. The molecule has 6 aromatic rings. The fourth-order valence-electron chi connectivity index (χ4n) is 7.63. The number of phenolic OH excluding ortho intramolecular Hbond substituents is 1. The van der Waals surface area contributed by atoms with Crippen LogP contribution in [0.25, 0.3) is 21.0 Å². The predicted octanol–water partition coefficient (Wildman–Crippen LogP) is 6.47. The van der Waals surface area contributed by atoms with Crippen molar-refractivity contribution in [3.8, 4) is 5.75 Å². The quantitative estimate of drug-likeness (QED) is 0.0710. The van der Waals surface area contributed by atoms with Crippen molar-refractivity contribution in [2.24, 2.45) is 0 Å². The summed E-state index contributed by atoms with van der Waals surface area (Å²) in [5.74, 6) is -0.0234. The second-order valence-corrected chi connectivity index (χ2v) is 18.8. The standard InChI is InChI=1S/C33H40FN5O5S2.C10H8O3S/c1-20(2)30-36-25(18-45-30)31(42)39-13-14-44-33(19-39)8-11-38(12-9-33)17-21-3-5-24(34)22(15-21)7-10-35-16-27(41)23-4-6-26(40)28-29(23)46-32(43)37-28;11-14(12,13)10-6-5-8-3-1-2-4-9(8)7-10/h3-6,15,18,20,27,35,40-41H,7-14,16-17,19H2,1-2H3,(H,37,43);1-7H,(H,11,12,13)/t27-;/m0./s1. The number of aliphatic hydroxyl groups excluding tert-OH is 1. The van der Waals surface area contributed by atoms with Gasteiger partial charge in [0.2, 0.25) is 0 Å². The number of hydrogen-bond acceptors (Lipinski definition) is 12. The number of nitrogens with one attached hydrogen (secondary N) is 2. The number of carbonyl (C=O) groups excluding carboxylic acids is 1. The van der Waals surface area contributed by atoms with Crippen LogP contribution in [0, 0.1) is 5.82 Å². The number of piperidine rings is 1. The van der Waals surface area contributed by atoms with E-state index in [0.29, 0.717) is 72.2 Å². The van der Waals surface area contributed by atoms with Crippen LogP contribution in [-0.4, -0.2) is 100 Å². The molecule has 2 fully saturated rings. The van der Waals surface area contributed by atoms with Crippen molar-refractivity contribution < 1.29 is 37.1 Å².